The summed E-state index contributed by atoms with van der Waals surface area (Å²) < 4.78 is 42.6. The van der Waals surface area contributed by atoms with Crippen LogP contribution in [0.2, 0.25) is 0 Å². The number of rotatable bonds is 9. The Morgan fingerprint density at radius 2 is 1.97 bits per heavy atom. The summed E-state index contributed by atoms with van der Waals surface area (Å²) in [6.07, 6.45) is 2.59. The van der Waals surface area contributed by atoms with Crippen LogP contribution in [0.5, 0.6) is 5.75 Å². The number of anilines is 1. The van der Waals surface area contributed by atoms with Crippen LogP contribution in [0.15, 0.2) is 23.4 Å². The zero-order valence-corrected chi connectivity index (χ0v) is 21.7. The number of carbonyl (C=O) groups is 1. The molecule has 2 aliphatic rings. The third-order valence-electron chi connectivity index (χ3n) is 5.92. The number of likely N-dealkylation sites (tertiary alicyclic amines) is 1. The van der Waals surface area contributed by atoms with E-state index in [-0.39, 0.29) is 0 Å². The van der Waals surface area contributed by atoms with Gasteiger partial charge in [-0.05, 0) is 51.8 Å². The van der Waals surface area contributed by atoms with Gasteiger partial charge in [0.2, 0.25) is 10.0 Å². The van der Waals surface area contributed by atoms with Gasteiger partial charge in [-0.3, -0.25) is 4.72 Å². The predicted octanol–water partition coefficient (Wildman–Crippen LogP) is 3.02. The smallest absolute Gasteiger partial charge is 0.407 e. The number of nitroso groups, excluding NO2 is 1. The average molecular weight is 513 g/mol. The van der Waals surface area contributed by atoms with Gasteiger partial charge < -0.3 is 24.4 Å². The van der Waals surface area contributed by atoms with Crippen molar-refractivity contribution in [2.24, 2.45) is 5.18 Å². The third-order valence-corrected chi connectivity index (χ3v) is 6.53. The molecule has 0 bridgehead atoms. The SMILES string of the molecule is CC(C)(C)OC(=O)NCCOCCN1CCC2(CC1)CC(N=O)c1cc(NS(C)(=O)=O)ccc1O2. The van der Waals surface area contributed by atoms with Crippen molar-refractivity contribution in [1.29, 1.82) is 0 Å². The van der Waals surface area contributed by atoms with Crippen molar-refractivity contribution >= 4 is 21.8 Å². The van der Waals surface area contributed by atoms with Gasteiger partial charge in [0.25, 0.3) is 0 Å². The number of ether oxygens (including phenoxy) is 3. The minimum Gasteiger partial charge on any atom is -0.487 e. The second-order valence-electron chi connectivity index (χ2n) is 10.1. The van der Waals surface area contributed by atoms with Crippen LogP contribution in [0.3, 0.4) is 0 Å². The Kier molecular flexibility index (Phi) is 8.60. The lowest BCUT2D eigenvalue weighted by Crippen LogP contribution is -2.50. The van der Waals surface area contributed by atoms with Crippen molar-refractivity contribution < 1.29 is 27.4 Å². The summed E-state index contributed by atoms with van der Waals surface area (Å²) in [4.78, 5) is 25.5. The van der Waals surface area contributed by atoms with Gasteiger partial charge in [-0.25, -0.2) is 13.2 Å². The Morgan fingerprint density at radius 1 is 1.26 bits per heavy atom. The van der Waals surface area contributed by atoms with E-state index in [4.69, 9.17) is 14.2 Å². The number of alkyl carbamates (subject to hydrolysis) is 1. The molecule has 1 aromatic carbocycles. The van der Waals surface area contributed by atoms with E-state index in [1.54, 1.807) is 18.2 Å². The van der Waals surface area contributed by atoms with Gasteiger partial charge in [0, 0.05) is 43.9 Å². The van der Waals surface area contributed by atoms with Crippen molar-refractivity contribution in [1.82, 2.24) is 10.2 Å². The molecule has 1 spiro atoms. The molecule has 2 heterocycles. The maximum atomic E-state index is 11.6. The van der Waals surface area contributed by atoms with Crippen LogP contribution < -0.4 is 14.8 Å². The largest absolute Gasteiger partial charge is 0.487 e. The van der Waals surface area contributed by atoms with Gasteiger partial charge in [0.15, 0.2) is 0 Å². The summed E-state index contributed by atoms with van der Waals surface area (Å²) >= 11 is 0. The number of fused-ring (bicyclic) bond motifs is 1. The minimum absolute atomic E-state index is 0.382. The Balaban J connectivity index is 1.43. The van der Waals surface area contributed by atoms with Gasteiger partial charge in [-0.15, -0.1) is 0 Å². The van der Waals surface area contributed by atoms with Crippen LogP contribution >= 0.6 is 0 Å². The fourth-order valence-electron chi connectivity index (χ4n) is 4.34. The van der Waals surface area contributed by atoms with E-state index in [2.05, 4.69) is 20.1 Å². The summed E-state index contributed by atoms with van der Waals surface area (Å²) in [7, 11) is -3.42. The molecule has 1 amide bonds. The molecule has 1 atom stereocenters. The van der Waals surface area contributed by atoms with Crippen molar-refractivity contribution in [2.45, 2.75) is 57.3 Å². The summed E-state index contributed by atoms with van der Waals surface area (Å²) in [5.41, 5.74) is -0.00178. The molecule has 1 fully saturated rings. The first-order valence-electron chi connectivity index (χ1n) is 11.8. The third kappa shape index (κ3) is 8.32. The highest BCUT2D eigenvalue weighted by Crippen LogP contribution is 2.46. The van der Waals surface area contributed by atoms with Gasteiger partial charge >= 0.3 is 6.09 Å². The van der Waals surface area contributed by atoms with Crippen molar-refractivity contribution in [2.75, 3.05) is 50.4 Å². The lowest BCUT2D eigenvalue weighted by Gasteiger charge is -2.45. The van der Waals surface area contributed by atoms with Crippen LogP contribution in [0.25, 0.3) is 0 Å². The number of benzene rings is 1. The molecule has 12 heteroatoms. The first-order valence-corrected chi connectivity index (χ1v) is 13.7. The number of nitrogens with one attached hydrogen (secondary N) is 2. The monoisotopic (exact) mass is 512 g/mol. The average Bonchev–Trinajstić information content (AvgIpc) is 2.75. The van der Waals surface area contributed by atoms with Gasteiger partial charge in [0.05, 0.1) is 19.5 Å². The van der Waals surface area contributed by atoms with Crippen LogP contribution in [0.4, 0.5) is 10.5 Å². The van der Waals surface area contributed by atoms with E-state index < -0.39 is 33.4 Å². The standard InChI is InChI=1S/C23H36N4O7S/c1-22(2,3)34-21(28)24-9-13-32-14-12-27-10-7-23(8-11-27)16-19(25-29)18-15-17(26-35(4,30)31)5-6-20(18)33-23/h5-6,15,19,26H,7-14,16H2,1-4H3,(H,24,28). The number of hydrogen-bond donors (Lipinski definition) is 2. The van der Waals surface area contributed by atoms with Crippen LogP contribution in [0.1, 0.15) is 51.6 Å². The van der Waals surface area contributed by atoms with Crippen LogP contribution in [-0.4, -0.2) is 76.3 Å². The van der Waals surface area contributed by atoms with E-state index in [0.29, 0.717) is 43.2 Å². The molecule has 0 saturated carbocycles. The molecule has 1 saturated heterocycles. The molecule has 196 valence electrons. The predicted molar refractivity (Wildman–Crippen MR) is 132 cm³/mol. The second kappa shape index (κ2) is 11.1. The molecule has 2 N–H and O–H groups in total. The highest BCUT2D eigenvalue weighted by Gasteiger charge is 2.44. The van der Waals surface area contributed by atoms with Gasteiger partial charge in [0.1, 0.15) is 23.0 Å². The lowest BCUT2D eigenvalue weighted by molar-refractivity contribution is -0.0267. The van der Waals surface area contributed by atoms with E-state index in [0.717, 1.165) is 38.7 Å². The summed E-state index contributed by atoms with van der Waals surface area (Å²) in [5.74, 6) is 0.578. The first kappa shape index (κ1) is 27.2. The maximum absolute atomic E-state index is 11.6. The van der Waals surface area contributed by atoms with E-state index >= 15 is 0 Å². The Labute approximate surface area is 206 Å². The molecule has 1 aromatic rings. The molecule has 2 aliphatic heterocycles. The number of nitrogens with zero attached hydrogens (tertiary/aromatic N) is 2. The maximum Gasteiger partial charge on any atom is 0.407 e. The fourth-order valence-corrected chi connectivity index (χ4v) is 4.89. The van der Waals surface area contributed by atoms with E-state index in [1.165, 1.54) is 0 Å². The van der Waals surface area contributed by atoms with Crippen molar-refractivity contribution in [3.05, 3.63) is 28.7 Å². The molecule has 35 heavy (non-hydrogen) atoms. The Morgan fingerprint density at radius 3 is 2.60 bits per heavy atom. The molecule has 3 rings (SSSR count). The lowest BCUT2D eigenvalue weighted by atomic mass is 9.81. The normalized spacial score (nSPS) is 19.9. The Hall–Kier alpha value is -2.44. The number of sulfonamides is 1. The fraction of sp³-hybridized carbons (Fsp3) is 0.696. The molecule has 1 unspecified atom stereocenters. The molecule has 11 nitrogen and oxygen atoms in total. The van der Waals surface area contributed by atoms with E-state index in [9.17, 15) is 18.1 Å². The van der Waals surface area contributed by atoms with Gasteiger partial charge in [-0.1, -0.05) is 5.18 Å². The summed E-state index contributed by atoms with van der Waals surface area (Å²) in [5, 5.41) is 5.99. The van der Waals surface area contributed by atoms with Crippen molar-refractivity contribution in [3.63, 3.8) is 0 Å². The summed E-state index contributed by atoms with van der Waals surface area (Å²) in [6.45, 7) is 9.13. The number of piperidine rings is 1. The van der Waals surface area contributed by atoms with Crippen LogP contribution in [-0.2, 0) is 19.5 Å². The quantitative estimate of drug-likeness (QED) is 0.381. The molecule has 0 radical (unpaired) electrons. The second-order valence-corrected chi connectivity index (χ2v) is 11.9. The molecular weight excluding hydrogens is 476 g/mol. The molecule has 0 aromatic heterocycles. The highest BCUT2D eigenvalue weighted by molar-refractivity contribution is 7.92. The highest BCUT2D eigenvalue weighted by atomic mass is 32.2. The van der Waals surface area contributed by atoms with E-state index in [1.807, 2.05) is 20.8 Å². The number of hydrogen-bond acceptors (Lipinski definition) is 9. The zero-order valence-electron chi connectivity index (χ0n) is 20.8. The summed E-state index contributed by atoms with van der Waals surface area (Å²) in [6, 6.07) is 4.37. The van der Waals surface area contributed by atoms with Crippen LogP contribution in [0, 0.1) is 4.91 Å². The molecular formula is C23H36N4O7S. The number of amides is 1. The zero-order chi connectivity index (χ0) is 25.7. The number of carbonyl (C=O) groups excluding carboxylic acids is 1. The van der Waals surface area contributed by atoms with Gasteiger partial charge in [-0.2, -0.15) is 4.91 Å². The van der Waals surface area contributed by atoms with Crippen molar-refractivity contribution in [3.8, 4) is 5.75 Å². The Bertz CT molecular complexity index is 1000. The topological polar surface area (TPSA) is 136 Å². The minimum atomic E-state index is -3.42. The molecule has 0 aliphatic carbocycles. The first-order chi connectivity index (χ1) is 16.4.